The Balaban J connectivity index is 1.36. The summed E-state index contributed by atoms with van der Waals surface area (Å²) in [5, 5.41) is 121. The van der Waals surface area contributed by atoms with Crippen LogP contribution in [0.3, 0.4) is 0 Å². The zero-order valence-electron chi connectivity index (χ0n) is 67.7. The van der Waals surface area contributed by atoms with Gasteiger partial charge >= 0.3 is 0 Å². The molecule has 17 atom stereocenters. The normalized spacial score (nSPS) is 25.9. The van der Waals surface area contributed by atoms with Crippen LogP contribution in [-0.4, -0.2) is 193 Å². The van der Waals surface area contributed by atoms with E-state index in [4.69, 9.17) is 28.4 Å². The number of hydrogen-bond acceptors (Lipinski definition) is 18. The van der Waals surface area contributed by atoms with Crippen LogP contribution in [0, 0.1) is 0 Å². The minimum absolute atomic E-state index is 0.217. The van der Waals surface area contributed by atoms with Crippen LogP contribution in [0.2, 0.25) is 0 Å². The van der Waals surface area contributed by atoms with Crippen LogP contribution in [0.4, 0.5) is 0 Å². The maximum atomic E-state index is 13.5. The predicted octanol–water partition coefficient (Wildman–Crippen LogP) is 15.8. The van der Waals surface area contributed by atoms with E-state index in [-0.39, 0.29) is 18.9 Å². The van der Waals surface area contributed by atoms with E-state index in [1.165, 1.54) is 128 Å². The summed E-state index contributed by atoms with van der Waals surface area (Å²) in [6, 6.07) is -1.01. The molecule has 110 heavy (non-hydrogen) atoms. The van der Waals surface area contributed by atoms with Crippen molar-refractivity contribution < 1.29 is 89.4 Å². The molecule has 0 spiro atoms. The molecule has 3 fully saturated rings. The van der Waals surface area contributed by atoms with Crippen molar-refractivity contribution in [1.82, 2.24) is 5.32 Å². The highest BCUT2D eigenvalue weighted by atomic mass is 16.8. The highest BCUT2D eigenvalue weighted by Crippen LogP contribution is 2.33. The van der Waals surface area contributed by atoms with Crippen molar-refractivity contribution >= 4 is 5.91 Å². The number of hydrogen-bond donors (Lipinski definition) is 12. The van der Waals surface area contributed by atoms with E-state index in [1.807, 2.05) is 6.08 Å². The number of ether oxygens (including phenoxy) is 6. The zero-order chi connectivity index (χ0) is 79.5. The van der Waals surface area contributed by atoms with Gasteiger partial charge in [0.1, 0.15) is 73.2 Å². The van der Waals surface area contributed by atoms with Crippen molar-refractivity contribution in [3.05, 3.63) is 146 Å². The van der Waals surface area contributed by atoms with Gasteiger partial charge in [-0.25, -0.2) is 0 Å². The lowest BCUT2D eigenvalue weighted by molar-refractivity contribution is -0.379. The van der Waals surface area contributed by atoms with E-state index in [2.05, 4.69) is 153 Å². The van der Waals surface area contributed by atoms with Gasteiger partial charge in [-0.1, -0.05) is 320 Å². The summed E-state index contributed by atoms with van der Waals surface area (Å²) < 4.78 is 34.5. The molecule has 0 radical (unpaired) electrons. The monoisotopic (exact) mass is 1550 g/mol. The molecule has 0 aromatic rings. The third kappa shape index (κ3) is 47.5. The van der Waals surface area contributed by atoms with Gasteiger partial charge < -0.3 is 89.9 Å². The number of carbonyl (C=O) groups is 1. The van der Waals surface area contributed by atoms with Crippen LogP contribution >= 0.6 is 0 Å². The van der Waals surface area contributed by atoms with Crippen LogP contribution in [0.1, 0.15) is 290 Å². The molecule has 0 aromatic carbocycles. The van der Waals surface area contributed by atoms with Crippen molar-refractivity contribution in [2.45, 2.75) is 394 Å². The van der Waals surface area contributed by atoms with E-state index >= 15 is 0 Å². The fourth-order valence-corrected chi connectivity index (χ4v) is 13.5. The van der Waals surface area contributed by atoms with E-state index in [1.54, 1.807) is 6.08 Å². The third-order valence-corrected chi connectivity index (χ3v) is 20.4. The smallest absolute Gasteiger partial charge is 0.220 e. The molecular weight excluding hydrogens is 1390 g/mol. The summed E-state index contributed by atoms with van der Waals surface area (Å²) in [7, 11) is 0. The van der Waals surface area contributed by atoms with Gasteiger partial charge in [-0.05, 0) is 109 Å². The average Bonchev–Trinajstić information content (AvgIpc) is 0.780. The summed E-state index contributed by atoms with van der Waals surface area (Å²) in [5.41, 5.74) is 0. The predicted molar refractivity (Wildman–Crippen MR) is 442 cm³/mol. The second-order valence-corrected chi connectivity index (χ2v) is 29.9. The SMILES string of the molecule is CC/C=C\C/C=C\C/C=C\C/C=C\C/C=C\C/C=C\C/C=C\C/C=C\C/C=C\C/C=C\CCCCCCCCCCC(=O)NC(COC1OC(CO)C(OC2OC(CO)C(OC3OC(CO)C(O)C(O)C3O)C(O)C2O)C(O)C1O)C(O)/C=C/CC/C=C/CCCCCCCCCCCCCCCCCCCCCC. The molecule has 19 nitrogen and oxygen atoms in total. The Morgan fingerprint density at radius 2 is 0.636 bits per heavy atom. The Hall–Kier alpha value is -4.33. The Labute approximate surface area is 663 Å². The summed E-state index contributed by atoms with van der Waals surface area (Å²) in [5.74, 6) is -0.297. The topological polar surface area (TPSA) is 307 Å². The van der Waals surface area contributed by atoms with Gasteiger partial charge in [0.05, 0.1) is 38.6 Å². The summed E-state index contributed by atoms with van der Waals surface area (Å²) in [6.07, 6.45) is 74.0. The fourth-order valence-electron chi connectivity index (χ4n) is 13.5. The number of carbonyl (C=O) groups excluding carboxylic acids is 1. The maximum Gasteiger partial charge on any atom is 0.220 e. The molecule has 0 aromatic heterocycles. The minimum Gasteiger partial charge on any atom is -0.394 e. The summed E-state index contributed by atoms with van der Waals surface area (Å²) in [4.78, 5) is 13.5. The van der Waals surface area contributed by atoms with Crippen molar-refractivity contribution in [1.29, 1.82) is 0 Å². The number of nitrogens with one attached hydrogen (secondary N) is 1. The Morgan fingerprint density at radius 1 is 0.336 bits per heavy atom. The van der Waals surface area contributed by atoms with Gasteiger partial charge in [-0.3, -0.25) is 4.79 Å². The molecule has 0 aliphatic carbocycles. The molecule has 12 N–H and O–H groups in total. The molecule has 3 heterocycles. The van der Waals surface area contributed by atoms with Crippen LogP contribution in [0.15, 0.2) is 146 Å². The van der Waals surface area contributed by atoms with Gasteiger partial charge in [0.25, 0.3) is 0 Å². The largest absolute Gasteiger partial charge is 0.394 e. The standard InChI is InChI=1S/C91H153NO18/c1-3-5-7-9-11-13-15-17-19-21-23-25-27-29-31-32-33-34-35-36-37-38-39-40-41-42-43-45-47-49-51-53-55-57-59-61-63-65-67-69-79(97)92-74(75(96)68-66-64-62-60-58-56-54-52-50-48-46-44-30-28-26-24-22-20-18-16-14-12-10-8-6-4-2)73-105-89-85(103)82(100)87(77(71-94)107-89)110-91-86(104)83(101)88(78(72-95)108-91)109-90-84(102)81(99)80(98)76(70-93)106-90/h5,7,11,13,17,19,23,25,29,31,33-34,36-37,39-40,42-43,47,49,58,60,66,68,74-78,80-91,93-96,98-104H,3-4,6,8-10,12,14-16,18,20-22,24,26-28,30,32,35,38,41,44-46,48,50-57,59,61-65,67,69-73H2,1-2H3,(H,92,97)/b7-5-,13-11-,19-17-,25-23-,31-29-,34-33-,37-36-,40-39-,43-42-,49-47-,60-58+,68-66+. The van der Waals surface area contributed by atoms with Crippen LogP contribution < -0.4 is 5.32 Å². The maximum absolute atomic E-state index is 13.5. The van der Waals surface area contributed by atoms with Gasteiger partial charge in [-0.2, -0.15) is 0 Å². The fraction of sp³-hybridized carbons (Fsp3) is 0.725. The van der Waals surface area contributed by atoms with Gasteiger partial charge in [0.2, 0.25) is 5.91 Å². The van der Waals surface area contributed by atoms with Crippen LogP contribution in [0.25, 0.3) is 0 Å². The molecule has 19 heteroatoms. The van der Waals surface area contributed by atoms with Crippen molar-refractivity contribution in [2.75, 3.05) is 26.4 Å². The molecule has 3 aliphatic heterocycles. The first-order valence-electron chi connectivity index (χ1n) is 43.1. The Kier molecular flexibility index (Phi) is 62.7. The number of aliphatic hydroxyl groups excluding tert-OH is 11. The molecular formula is C91H153NO18. The highest BCUT2D eigenvalue weighted by molar-refractivity contribution is 5.76. The van der Waals surface area contributed by atoms with E-state index in [9.17, 15) is 61.0 Å². The van der Waals surface area contributed by atoms with Gasteiger partial charge in [-0.15, -0.1) is 0 Å². The van der Waals surface area contributed by atoms with E-state index in [0.29, 0.717) is 12.8 Å². The Morgan fingerprint density at radius 3 is 1.02 bits per heavy atom. The molecule has 17 unspecified atom stereocenters. The van der Waals surface area contributed by atoms with Crippen LogP contribution in [-0.2, 0) is 33.2 Å². The second-order valence-electron chi connectivity index (χ2n) is 29.9. The molecule has 0 saturated carbocycles. The highest BCUT2D eigenvalue weighted by Gasteiger charge is 2.54. The summed E-state index contributed by atoms with van der Waals surface area (Å²) in [6.45, 7) is 1.61. The number of rotatable bonds is 67. The average molecular weight is 1550 g/mol. The van der Waals surface area contributed by atoms with E-state index in [0.717, 1.165) is 128 Å². The van der Waals surface area contributed by atoms with Crippen LogP contribution in [0.5, 0.6) is 0 Å². The lowest BCUT2D eigenvalue weighted by Gasteiger charge is -2.48. The third-order valence-electron chi connectivity index (χ3n) is 20.4. The van der Waals surface area contributed by atoms with Crippen molar-refractivity contribution in [2.24, 2.45) is 0 Å². The molecule has 630 valence electrons. The summed E-state index contributed by atoms with van der Waals surface area (Å²) >= 11 is 0. The lowest BCUT2D eigenvalue weighted by Crippen LogP contribution is -2.66. The number of unbranched alkanes of at least 4 members (excludes halogenated alkanes) is 29. The first-order valence-corrected chi connectivity index (χ1v) is 43.1. The number of aliphatic hydroxyl groups is 11. The quantitative estimate of drug-likeness (QED) is 0.0199. The molecule has 1 amide bonds. The Bertz CT molecular complexity index is 2560. The first-order chi connectivity index (χ1) is 53.8. The molecule has 3 aliphatic rings. The second kappa shape index (κ2) is 69.0. The number of amides is 1. The minimum atomic E-state index is -1.99. The van der Waals surface area contributed by atoms with Crippen molar-refractivity contribution in [3.63, 3.8) is 0 Å². The van der Waals surface area contributed by atoms with E-state index < -0.39 is 124 Å². The lowest BCUT2D eigenvalue weighted by atomic mass is 9.96. The zero-order valence-corrected chi connectivity index (χ0v) is 67.7. The number of allylic oxidation sites excluding steroid dienone is 23. The van der Waals surface area contributed by atoms with Crippen molar-refractivity contribution in [3.8, 4) is 0 Å². The first kappa shape index (κ1) is 99.9. The van der Waals surface area contributed by atoms with Gasteiger partial charge in [0, 0.05) is 6.42 Å². The molecule has 3 rings (SSSR count). The molecule has 0 bridgehead atoms. The van der Waals surface area contributed by atoms with Gasteiger partial charge in [0.15, 0.2) is 18.9 Å². The molecule has 3 saturated heterocycles.